The maximum absolute atomic E-state index is 11.0. The lowest BCUT2D eigenvalue weighted by molar-refractivity contribution is -0.109. The summed E-state index contributed by atoms with van der Waals surface area (Å²) in [5.41, 5.74) is 0.957. The van der Waals surface area contributed by atoms with Gasteiger partial charge in [0.1, 0.15) is 0 Å². The fourth-order valence-corrected chi connectivity index (χ4v) is 1.48. The summed E-state index contributed by atoms with van der Waals surface area (Å²) in [6.45, 7) is 1.27. The molecule has 0 bridgehead atoms. The Morgan fingerprint density at radius 2 is 2.06 bits per heavy atom. The second-order valence-electron chi connectivity index (χ2n) is 3.62. The van der Waals surface area contributed by atoms with Gasteiger partial charge in [0.15, 0.2) is 0 Å². The van der Waals surface area contributed by atoms with E-state index < -0.39 is 6.09 Å². The molecule has 0 atom stereocenters. The van der Waals surface area contributed by atoms with Crippen LogP contribution in [0.1, 0.15) is 12.0 Å². The van der Waals surface area contributed by atoms with Gasteiger partial charge in [0, 0.05) is 19.6 Å². The minimum atomic E-state index is -0.944. The second-order valence-corrected chi connectivity index (χ2v) is 3.62. The van der Waals surface area contributed by atoms with Gasteiger partial charge in [-0.25, -0.2) is 4.79 Å². The molecule has 0 heterocycles. The van der Waals surface area contributed by atoms with E-state index in [2.05, 4.69) is 5.32 Å². The highest BCUT2D eigenvalue weighted by Gasteiger charge is 2.11. The van der Waals surface area contributed by atoms with Crippen LogP contribution >= 0.6 is 0 Å². The Hall–Kier alpha value is -2.04. The maximum Gasteiger partial charge on any atom is 0.407 e. The standard InChI is InChI=1S/C12H16N2O3/c15-10-13-7-4-8-14(12(16)17)9-11-5-2-1-3-6-11/h1-3,5-6,10H,4,7-9H2,(H,13,15)(H,16,17). The molecular formula is C12H16N2O3. The minimum absolute atomic E-state index is 0.372. The van der Waals surface area contributed by atoms with E-state index >= 15 is 0 Å². The SMILES string of the molecule is O=CNCCCN(Cc1ccccc1)C(=O)O. The highest BCUT2D eigenvalue weighted by molar-refractivity contribution is 5.65. The summed E-state index contributed by atoms with van der Waals surface area (Å²) < 4.78 is 0. The topological polar surface area (TPSA) is 69.6 Å². The first-order chi connectivity index (χ1) is 8.24. The van der Waals surface area contributed by atoms with Crippen LogP contribution in [-0.4, -0.2) is 35.6 Å². The van der Waals surface area contributed by atoms with E-state index in [-0.39, 0.29) is 0 Å². The zero-order valence-corrected chi connectivity index (χ0v) is 9.50. The van der Waals surface area contributed by atoms with Gasteiger partial charge >= 0.3 is 6.09 Å². The van der Waals surface area contributed by atoms with E-state index in [4.69, 9.17) is 5.11 Å². The van der Waals surface area contributed by atoms with Crippen molar-refractivity contribution in [2.45, 2.75) is 13.0 Å². The van der Waals surface area contributed by atoms with Crippen LogP contribution in [0.3, 0.4) is 0 Å². The first-order valence-electron chi connectivity index (χ1n) is 5.43. The monoisotopic (exact) mass is 236 g/mol. The van der Waals surface area contributed by atoms with Gasteiger partial charge in [0.05, 0.1) is 0 Å². The quantitative estimate of drug-likeness (QED) is 0.554. The third kappa shape index (κ3) is 5.01. The Morgan fingerprint density at radius 1 is 1.35 bits per heavy atom. The Balaban J connectivity index is 2.43. The average Bonchev–Trinajstić information content (AvgIpc) is 2.34. The number of amides is 2. The minimum Gasteiger partial charge on any atom is -0.465 e. The molecule has 0 aliphatic heterocycles. The van der Waals surface area contributed by atoms with Crippen LogP contribution < -0.4 is 5.32 Å². The number of nitrogens with zero attached hydrogens (tertiary/aromatic N) is 1. The molecule has 2 amide bonds. The molecule has 17 heavy (non-hydrogen) atoms. The number of carbonyl (C=O) groups is 2. The normalized spacial score (nSPS) is 9.65. The van der Waals surface area contributed by atoms with Crippen LogP contribution in [-0.2, 0) is 11.3 Å². The number of rotatable bonds is 7. The Bertz CT molecular complexity index is 354. The fourth-order valence-electron chi connectivity index (χ4n) is 1.48. The van der Waals surface area contributed by atoms with Crippen LogP contribution in [0.15, 0.2) is 30.3 Å². The molecule has 0 aliphatic carbocycles. The van der Waals surface area contributed by atoms with Gasteiger partial charge in [-0.1, -0.05) is 30.3 Å². The zero-order chi connectivity index (χ0) is 12.5. The third-order valence-electron chi connectivity index (χ3n) is 2.32. The molecule has 5 heteroatoms. The molecular weight excluding hydrogens is 220 g/mol. The summed E-state index contributed by atoms with van der Waals surface area (Å²) in [6, 6.07) is 9.43. The van der Waals surface area contributed by atoms with Crippen LogP contribution in [0.5, 0.6) is 0 Å². The molecule has 0 radical (unpaired) electrons. The van der Waals surface area contributed by atoms with E-state index in [0.29, 0.717) is 32.5 Å². The summed E-state index contributed by atoms with van der Waals surface area (Å²) in [5.74, 6) is 0. The van der Waals surface area contributed by atoms with Crippen molar-refractivity contribution in [3.05, 3.63) is 35.9 Å². The molecule has 0 aromatic heterocycles. The zero-order valence-electron chi connectivity index (χ0n) is 9.50. The van der Waals surface area contributed by atoms with Gasteiger partial charge in [-0.3, -0.25) is 4.79 Å². The Kier molecular flexibility index (Phi) is 5.57. The van der Waals surface area contributed by atoms with Gasteiger partial charge in [0.25, 0.3) is 0 Å². The molecule has 0 saturated carbocycles. The van der Waals surface area contributed by atoms with E-state index in [1.54, 1.807) is 0 Å². The second kappa shape index (κ2) is 7.27. The van der Waals surface area contributed by atoms with Crippen molar-refractivity contribution in [2.24, 2.45) is 0 Å². The number of benzene rings is 1. The third-order valence-corrected chi connectivity index (χ3v) is 2.32. The number of hydrogen-bond donors (Lipinski definition) is 2. The van der Waals surface area contributed by atoms with Gasteiger partial charge in [0.2, 0.25) is 6.41 Å². The largest absolute Gasteiger partial charge is 0.465 e. The first-order valence-corrected chi connectivity index (χ1v) is 5.43. The van der Waals surface area contributed by atoms with Gasteiger partial charge in [-0.2, -0.15) is 0 Å². The van der Waals surface area contributed by atoms with Crippen LogP contribution in [0.25, 0.3) is 0 Å². The molecule has 0 unspecified atom stereocenters. The van der Waals surface area contributed by atoms with E-state index in [0.717, 1.165) is 5.56 Å². The molecule has 5 nitrogen and oxygen atoms in total. The Morgan fingerprint density at radius 3 is 2.65 bits per heavy atom. The molecule has 0 spiro atoms. The number of carboxylic acid groups (broad SMARTS) is 1. The molecule has 2 N–H and O–H groups in total. The summed E-state index contributed by atoms with van der Waals surface area (Å²) in [6.07, 6.45) is 0.278. The summed E-state index contributed by atoms with van der Waals surface area (Å²) in [7, 11) is 0. The lowest BCUT2D eigenvalue weighted by Gasteiger charge is -2.19. The fraction of sp³-hybridized carbons (Fsp3) is 0.333. The molecule has 1 rings (SSSR count). The first kappa shape index (κ1) is 13.0. The Labute approximate surface area is 100 Å². The summed E-state index contributed by atoms with van der Waals surface area (Å²) >= 11 is 0. The number of hydrogen-bond acceptors (Lipinski definition) is 2. The molecule has 92 valence electrons. The molecule has 1 aromatic rings. The van der Waals surface area contributed by atoms with E-state index in [1.807, 2.05) is 30.3 Å². The predicted octanol–water partition coefficient (Wildman–Crippen LogP) is 1.30. The summed E-state index contributed by atoms with van der Waals surface area (Å²) in [5, 5.41) is 11.5. The predicted molar refractivity (Wildman–Crippen MR) is 63.6 cm³/mol. The van der Waals surface area contributed by atoms with Crippen molar-refractivity contribution < 1.29 is 14.7 Å². The molecule has 1 aromatic carbocycles. The van der Waals surface area contributed by atoms with Crippen LogP contribution in [0.2, 0.25) is 0 Å². The van der Waals surface area contributed by atoms with Crippen molar-refractivity contribution in [1.29, 1.82) is 0 Å². The van der Waals surface area contributed by atoms with Crippen molar-refractivity contribution in [3.63, 3.8) is 0 Å². The lowest BCUT2D eigenvalue weighted by Crippen LogP contribution is -2.31. The van der Waals surface area contributed by atoms with Crippen molar-refractivity contribution in [2.75, 3.05) is 13.1 Å². The number of carbonyl (C=O) groups excluding carboxylic acids is 1. The van der Waals surface area contributed by atoms with Gasteiger partial charge in [-0.15, -0.1) is 0 Å². The summed E-state index contributed by atoms with van der Waals surface area (Å²) in [4.78, 5) is 22.4. The number of nitrogens with one attached hydrogen (secondary N) is 1. The van der Waals surface area contributed by atoms with Crippen molar-refractivity contribution in [1.82, 2.24) is 10.2 Å². The average molecular weight is 236 g/mol. The highest BCUT2D eigenvalue weighted by atomic mass is 16.4. The molecule has 0 saturated heterocycles. The smallest absolute Gasteiger partial charge is 0.407 e. The molecule has 0 fully saturated rings. The van der Waals surface area contributed by atoms with Crippen molar-refractivity contribution in [3.8, 4) is 0 Å². The van der Waals surface area contributed by atoms with Crippen molar-refractivity contribution >= 4 is 12.5 Å². The maximum atomic E-state index is 11.0. The highest BCUT2D eigenvalue weighted by Crippen LogP contribution is 2.05. The van der Waals surface area contributed by atoms with Gasteiger partial charge < -0.3 is 15.3 Å². The van der Waals surface area contributed by atoms with Crippen LogP contribution in [0.4, 0.5) is 4.79 Å². The van der Waals surface area contributed by atoms with E-state index in [9.17, 15) is 9.59 Å². The molecule has 0 aliphatic rings. The lowest BCUT2D eigenvalue weighted by atomic mass is 10.2. The van der Waals surface area contributed by atoms with E-state index in [1.165, 1.54) is 4.90 Å². The van der Waals surface area contributed by atoms with Gasteiger partial charge in [-0.05, 0) is 12.0 Å². The van der Waals surface area contributed by atoms with Crippen LogP contribution in [0, 0.1) is 0 Å².